The normalized spacial score (nSPS) is 18.3. The summed E-state index contributed by atoms with van der Waals surface area (Å²) in [5.41, 5.74) is -0.984. The van der Waals surface area contributed by atoms with Gasteiger partial charge in [-0.25, -0.2) is 13.6 Å². The molecule has 1 unspecified atom stereocenters. The first-order valence-electron chi connectivity index (χ1n) is 8.98. The van der Waals surface area contributed by atoms with Crippen molar-refractivity contribution in [1.82, 2.24) is 10.2 Å². The molecular weight excluding hydrogens is 412 g/mol. The van der Waals surface area contributed by atoms with Gasteiger partial charge < -0.3 is 10.6 Å². The second-order valence-corrected chi connectivity index (χ2v) is 7.78. The minimum Gasteiger partial charge on any atom is -0.324 e. The van der Waals surface area contributed by atoms with Crippen LogP contribution in [-0.4, -0.2) is 35.0 Å². The SMILES string of the molecule is C=CCSc1ccccc1NC(=O)CN1C(=O)NC(C)(c2ccc(F)c(F)c2)C1=O. The molecule has 4 amide bonds. The molecular formula is C21H19F2N3O3S. The van der Waals surface area contributed by atoms with Crippen molar-refractivity contribution in [2.24, 2.45) is 0 Å². The zero-order chi connectivity index (χ0) is 21.9. The third-order valence-electron chi connectivity index (χ3n) is 4.59. The Hall–Kier alpha value is -3.20. The number of hydrogen-bond donors (Lipinski definition) is 2. The zero-order valence-electron chi connectivity index (χ0n) is 16.1. The summed E-state index contributed by atoms with van der Waals surface area (Å²) in [4.78, 5) is 39.3. The van der Waals surface area contributed by atoms with Crippen molar-refractivity contribution in [1.29, 1.82) is 0 Å². The lowest BCUT2D eigenvalue weighted by molar-refractivity contribution is -0.133. The highest BCUT2D eigenvalue weighted by atomic mass is 32.2. The van der Waals surface area contributed by atoms with Crippen LogP contribution in [0.25, 0.3) is 0 Å². The summed E-state index contributed by atoms with van der Waals surface area (Å²) in [6, 6.07) is 9.27. The van der Waals surface area contributed by atoms with Crippen LogP contribution in [0.4, 0.5) is 19.3 Å². The summed E-state index contributed by atoms with van der Waals surface area (Å²) in [7, 11) is 0. The average Bonchev–Trinajstić information content (AvgIpc) is 2.93. The number of nitrogens with one attached hydrogen (secondary N) is 2. The van der Waals surface area contributed by atoms with E-state index >= 15 is 0 Å². The highest BCUT2D eigenvalue weighted by molar-refractivity contribution is 7.99. The van der Waals surface area contributed by atoms with E-state index in [1.807, 2.05) is 12.1 Å². The minimum atomic E-state index is -1.61. The smallest absolute Gasteiger partial charge is 0.324 e. The molecule has 0 aliphatic carbocycles. The number of rotatable bonds is 7. The van der Waals surface area contributed by atoms with Crippen LogP contribution in [0.1, 0.15) is 12.5 Å². The average molecular weight is 431 g/mol. The van der Waals surface area contributed by atoms with Gasteiger partial charge in [-0.1, -0.05) is 24.3 Å². The number of imide groups is 1. The van der Waals surface area contributed by atoms with Gasteiger partial charge in [0.15, 0.2) is 11.6 Å². The van der Waals surface area contributed by atoms with E-state index in [-0.39, 0.29) is 5.56 Å². The van der Waals surface area contributed by atoms with Gasteiger partial charge in [0.25, 0.3) is 5.91 Å². The van der Waals surface area contributed by atoms with Crippen molar-refractivity contribution < 1.29 is 23.2 Å². The standard InChI is InChI=1S/C21H19F2N3O3S/c1-3-10-30-17-7-5-4-6-16(17)24-18(27)12-26-19(28)21(2,25-20(26)29)13-8-9-14(22)15(23)11-13/h3-9,11H,1,10,12H2,2H3,(H,24,27)(H,25,29). The first kappa shape index (κ1) is 21.5. The van der Waals surface area contributed by atoms with Crippen LogP contribution >= 0.6 is 11.8 Å². The fourth-order valence-electron chi connectivity index (χ4n) is 3.02. The summed E-state index contributed by atoms with van der Waals surface area (Å²) < 4.78 is 26.9. The van der Waals surface area contributed by atoms with Crippen molar-refractivity contribution >= 4 is 35.3 Å². The van der Waals surface area contributed by atoms with Crippen LogP contribution < -0.4 is 10.6 Å². The van der Waals surface area contributed by atoms with Gasteiger partial charge >= 0.3 is 6.03 Å². The number of hydrogen-bond acceptors (Lipinski definition) is 4. The van der Waals surface area contributed by atoms with Crippen molar-refractivity contribution in [3.05, 3.63) is 72.3 Å². The monoisotopic (exact) mass is 431 g/mol. The van der Waals surface area contributed by atoms with Gasteiger partial charge in [0.2, 0.25) is 5.91 Å². The number of carbonyl (C=O) groups is 3. The van der Waals surface area contributed by atoms with Crippen LogP contribution in [0.3, 0.4) is 0 Å². The Labute approximate surface area is 176 Å². The molecule has 1 saturated heterocycles. The second kappa shape index (κ2) is 8.66. The lowest BCUT2D eigenvalue weighted by Gasteiger charge is -2.22. The molecule has 1 aliphatic rings. The van der Waals surface area contributed by atoms with Gasteiger partial charge in [0.05, 0.1) is 5.69 Å². The van der Waals surface area contributed by atoms with E-state index in [2.05, 4.69) is 17.2 Å². The molecule has 2 aromatic rings. The van der Waals surface area contributed by atoms with Crippen molar-refractivity contribution in [3.8, 4) is 0 Å². The third kappa shape index (κ3) is 4.20. The summed E-state index contributed by atoms with van der Waals surface area (Å²) in [5, 5.41) is 5.15. The molecule has 1 aliphatic heterocycles. The van der Waals surface area contributed by atoms with E-state index in [0.717, 1.165) is 21.9 Å². The fraction of sp³-hybridized carbons (Fsp3) is 0.190. The minimum absolute atomic E-state index is 0.0776. The Bertz CT molecular complexity index is 1030. The molecule has 0 radical (unpaired) electrons. The number of halogens is 2. The van der Waals surface area contributed by atoms with Crippen LogP contribution in [0, 0.1) is 11.6 Å². The Balaban J connectivity index is 1.75. The van der Waals surface area contributed by atoms with Crippen LogP contribution in [0.2, 0.25) is 0 Å². The molecule has 3 rings (SSSR count). The third-order valence-corrected chi connectivity index (χ3v) is 5.66. The molecule has 0 aromatic heterocycles. The van der Waals surface area contributed by atoms with Crippen molar-refractivity contribution in [2.75, 3.05) is 17.6 Å². The van der Waals surface area contributed by atoms with E-state index in [0.29, 0.717) is 11.4 Å². The number of urea groups is 1. The maximum atomic E-state index is 13.6. The second-order valence-electron chi connectivity index (χ2n) is 6.72. The van der Waals surface area contributed by atoms with E-state index < -0.39 is 41.6 Å². The van der Waals surface area contributed by atoms with Gasteiger partial charge in [-0.2, -0.15) is 0 Å². The number of benzene rings is 2. The highest BCUT2D eigenvalue weighted by Crippen LogP contribution is 2.30. The number of thioether (sulfide) groups is 1. The largest absolute Gasteiger partial charge is 0.325 e. The molecule has 30 heavy (non-hydrogen) atoms. The molecule has 1 atom stereocenters. The highest BCUT2D eigenvalue weighted by Gasteiger charge is 2.49. The van der Waals surface area contributed by atoms with Crippen molar-refractivity contribution in [2.45, 2.75) is 17.4 Å². The summed E-state index contributed by atoms with van der Waals surface area (Å²) >= 11 is 1.47. The molecule has 156 valence electrons. The summed E-state index contributed by atoms with van der Waals surface area (Å²) in [6.45, 7) is 4.51. The van der Waals surface area contributed by atoms with Gasteiger partial charge in [0, 0.05) is 10.6 Å². The molecule has 0 bridgehead atoms. The number of anilines is 1. The molecule has 2 N–H and O–H groups in total. The molecule has 0 spiro atoms. The summed E-state index contributed by atoms with van der Waals surface area (Å²) in [6.07, 6.45) is 1.73. The Kier molecular flexibility index (Phi) is 6.21. The molecule has 1 fully saturated rings. The Morgan fingerprint density at radius 3 is 2.67 bits per heavy atom. The van der Waals surface area contributed by atoms with Crippen LogP contribution in [0.5, 0.6) is 0 Å². The number of carbonyl (C=O) groups excluding carboxylic acids is 3. The van der Waals surface area contributed by atoms with E-state index in [4.69, 9.17) is 0 Å². The molecule has 0 saturated carbocycles. The first-order chi connectivity index (χ1) is 14.3. The van der Waals surface area contributed by atoms with Crippen LogP contribution in [0.15, 0.2) is 60.0 Å². The Morgan fingerprint density at radius 2 is 1.97 bits per heavy atom. The number of nitrogens with zero attached hydrogens (tertiary/aromatic N) is 1. The maximum absolute atomic E-state index is 13.6. The predicted molar refractivity (Wildman–Crippen MR) is 110 cm³/mol. The molecule has 2 aromatic carbocycles. The molecule has 6 nitrogen and oxygen atoms in total. The fourth-order valence-corrected chi connectivity index (χ4v) is 3.77. The lowest BCUT2D eigenvalue weighted by Crippen LogP contribution is -2.42. The first-order valence-corrected chi connectivity index (χ1v) is 9.97. The lowest BCUT2D eigenvalue weighted by atomic mass is 9.92. The van der Waals surface area contributed by atoms with Crippen LogP contribution in [-0.2, 0) is 15.1 Å². The number of para-hydroxylation sites is 1. The van der Waals surface area contributed by atoms with E-state index in [1.165, 1.54) is 24.8 Å². The van der Waals surface area contributed by atoms with Gasteiger partial charge in [-0.15, -0.1) is 18.3 Å². The number of amides is 4. The molecule has 9 heteroatoms. The van der Waals surface area contributed by atoms with Gasteiger partial charge in [-0.3, -0.25) is 14.5 Å². The maximum Gasteiger partial charge on any atom is 0.325 e. The van der Waals surface area contributed by atoms with Gasteiger partial charge in [-0.05, 0) is 36.8 Å². The molecule has 1 heterocycles. The predicted octanol–water partition coefficient (Wildman–Crippen LogP) is 3.65. The topological polar surface area (TPSA) is 78.5 Å². The quantitative estimate of drug-likeness (QED) is 0.399. The summed E-state index contributed by atoms with van der Waals surface area (Å²) in [5.74, 6) is -2.86. The Morgan fingerprint density at radius 1 is 1.23 bits per heavy atom. The van der Waals surface area contributed by atoms with E-state index in [1.54, 1.807) is 18.2 Å². The van der Waals surface area contributed by atoms with Crippen molar-refractivity contribution in [3.63, 3.8) is 0 Å². The van der Waals surface area contributed by atoms with E-state index in [9.17, 15) is 23.2 Å². The van der Waals surface area contributed by atoms with Gasteiger partial charge in [0.1, 0.15) is 12.1 Å². The zero-order valence-corrected chi connectivity index (χ0v) is 16.9.